The number of halogens is 1. The third-order valence-corrected chi connectivity index (χ3v) is 5.46. The zero-order valence-electron chi connectivity index (χ0n) is 12.3. The lowest BCUT2D eigenvalue weighted by molar-refractivity contribution is 0.0939. The van der Waals surface area contributed by atoms with E-state index in [1.165, 1.54) is 12.3 Å². The molecule has 1 heterocycles. The van der Waals surface area contributed by atoms with Crippen LogP contribution in [0, 0.1) is 11.3 Å². The second-order valence-electron chi connectivity index (χ2n) is 5.97. The standard InChI is InChI=1S/C14H19ClN2O3S/c1-9(2)14(4-5-14)8-17-13(18)10-6-12(21(3,19)20)16-7-11(10)15/h6-7,9H,4-5,8H2,1-3H3,(H,17,18). The van der Waals surface area contributed by atoms with Crippen LogP contribution in [0.25, 0.3) is 0 Å². The molecule has 0 aromatic carbocycles. The van der Waals surface area contributed by atoms with Crippen molar-refractivity contribution in [1.29, 1.82) is 0 Å². The third-order valence-electron chi connectivity index (χ3n) is 4.17. The Labute approximate surface area is 130 Å². The van der Waals surface area contributed by atoms with Crippen molar-refractivity contribution in [2.45, 2.75) is 31.7 Å². The van der Waals surface area contributed by atoms with Crippen LogP contribution in [0.1, 0.15) is 37.0 Å². The fourth-order valence-electron chi connectivity index (χ4n) is 2.27. The third kappa shape index (κ3) is 3.55. The predicted molar refractivity (Wildman–Crippen MR) is 81.2 cm³/mol. The van der Waals surface area contributed by atoms with E-state index in [-0.39, 0.29) is 26.9 Å². The first-order valence-corrected chi connectivity index (χ1v) is 9.06. The number of carbonyl (C=O) groups excluding carboxylic acids is 1. The van der Waals surface area contributed by atoms with Crippen LogP contribution in [-0.4, -0.2) is 32.1 Å². The number of pyridine rings is 1. The summed E-state index contributed by atoms with van der Waals surface area (Å²) >= 11 is 5.95. The molecule has 0 bridgehead atoms. The molecule has 0 atom stereocenters. The second kappa shape index (κ2) is 5.57. The zero-order valence-corrected chi connectivity index (χ0v) is 13.9. The van der Waals surface area contributed by atoms with Crippen LogP contribution >= 0.6 is 11.6 Å². The van der Waals surface area contributed by atoms with Crippen LogP contribution in [0.2, 0.25) is 5.02 Å². The molecule has 1 saturated carbocycles. The van der Waals surface area contributed by atoms with Crippen molar-refractivity contribution >= 4 is 27.3 Å². The first-order valence-electron chi connectivity index (χ1n) is 6.79. The molecule has 1 aromatic rings. The van der Waals surface area contributed by atoms with Crippen LogP contribution < -0.4 is 5.32 Å². The van der Waals surface area contributed by atoms with Gasteiger partial charge in [-0.2, -0.15) is 0 Å². The lowest BCUT2D eigenvalue weighted by Crippen LogP contribution is -2.32. The molecule has 1 aliphatic rings. The highest BCUT2D eigenvalue weighted by atomic mass is 35.5. The van der Waals surface area contributed by atoms with Crippen LogP contribution in [-0.2, 0) is 9.84 Å². The van der Waals surface area contributed by atoms with Crippen LogP contribution in [0.3, 0.4) is 0 Å². The molecule has 1 aromatic heterocycles. The molecular formula is C14H19ClN2O3S. The summed E-state index contributed by atoms with van der Waals surface area (Å²) in [6.45, 7) is 4.86. The Hall–Kier alpha value is -1.14. The van der Waals surface area contributed by atoms with E-state index in [9.17, 15) is 13.2 Å². The normalized spacial score (nSPS) is 16.8. The van der Waals surface area contributed by atoms with Gasteiger partial charge in [0.1, 0.15) is 0 Å². The molecule has 1 aliphatic carbocycles. The summed E-state index contributed by atoms with van der Waals surface area (Å²) in [7, 11) is -3.47. The SMILES string of the molecule is CC(C)C1(CNC(=O)c2cc(S(C)(=O)=O)ncc2Cl)CC1. The van der Waals surface area contributed by atoms with E-state index in [2.05, 4.69) is 24.1 Å². The van der Waals surface area contributed by atoms with E-state index < -0.39 is 9.84 Å². The molecule has 0 radical (unpaired) electrons. The summed E-state index contributed by atoms with van der Waals surface area (Å²) < 4.78 is 23.0. The second-order valence-corrected chi connectivity index (χ2v) is 8.34. The largest absolute Gasteiger partial charge is 0.351 e. The van der Waals surface area contributed by atoms with Gasteiger partial charge in [0.05, 0.1) is 10.6 Å². The monoisotopic (exact) mass is 330 g/mol. The first kappa shape index (κ1) is 16.2. The zero-order chi connectivity index (χ0) is 15.8. The number of nitrogens with one attached hydrogen (secondary N) is 1. The number of hydrogen-bond acceptors (Lipinski definition) is 4. The summed E-state index contributed by atoms with van der Waals surface area (Å²) in [6, 6.07) is 1.22. The van der Waals surface area contributed by atoms with Crippen LogP contribution in [0.4, 0.5) is 0 Å². The Bertz CT molecular complexity index is 667. The lowest BCUT2D eigenvalue weighted by Gasteiger charge is -2.20. The Morgan fingerprint density at radius 1 is 1.48 bits per heavy atom. The first-order chi connectivity index (χ1) is 9.66. The number of aromatic nitrogens is 1. The minimum Gasteiger partial charge on any atom is -0.351 e. The smallest absolute Gasteiger partial charge is 0.252 e. The van der Waals surface area contributed by atoms with Crippen molar-refractivity contribution in [2.75, 3.05) is 12.8 Å². The van der Waals surface area contributed by atoms with Gasteiger partial charge in [0, 0.05) is 19.0 Å². The van der Waals surface area contributed by atoms with Gasteiger partial charge in [-0.3, -0.25) is 4.79 Å². The summed E-state index contributed by atoms with van der Waals surface area (Å²) in [5.41, 5.74) is 0.320. The van der Waals surface area contributed by atoms with Gasteiger partial charge >= 0.3 is 0 Å². The number of rotatable bonds is 5. The molecule has 0 spiro atoms. The van der Waals surface area contributed by atoms with Gasteiger partial charge in [-0.15, -0.1) is 0 Å². The predicted octanol–water partition coefficient (Wildman–Crippen LogP) is 2.30. The van der Waals surface area contributed by atoms with Gasteiger partial charge in [-0.05, 0) is 30.2 Å². The maximum absolute atomic E-state index is 12.2. The van der Waals surface area contributed by atoms with E-state index in [1.54, 1.807) is 0 Å². The minimum absolute atomic E-state index is 0.145. The summed E-state index contributed by atoms with van der Waals surface area (Å²) in [4.78, 5) is 16.0. The molecule has 0 aliphatic heterocycles. The van der Waals surface area contributed by atoms with E-state index in [0.29, 0.717) is 12.5 Å². The van der Waals surface area contributed by atoms with Gasteiger partial charge in [0.15, 0.2) is 14.9 Å². The average molecular weight is 331 g/mol. The Balaban J connectivity index is 2.16. The minimum atomic E-state index is -3.47. The average Bonchev–Trinajstić information content (AvgIpc) is 3.16. The van der Waals surface area contributed by atoms with E-state index in [1.807, 2.05) is 0 Å². The Morgan fingerprint density at radius 2 is 2.10 bits per heavy atom. The van der Waals surface area contributed by atoms with Gasteiger partial charge in [0.2, 0.25) is 0 Å². The molecule has 116 valence electrons. The van der Waals surface area contributed by atoms with Crippen molar-refractivity contribution in [3.8, 4) is 0 Å². The number of nitrogens with zero attached hydrogens (tertiary/aromatic N) is 1. The number of sulfone groups is 1. The molecule has 1 fully saturated rings. The van der Waals surface area contributed by atoms with Crippen molar-refractivity contribution in [3.63, 3.8) is 0 Å². The maximum Gasteiger partial charge on any atom is 0.252 e. The highest BCUT2D eigenvalue weighted by Gasteiger charge is 2.45. The van der Waals surface area contributed by atoms with Crippen molar-refractivity contribution < 1.29 is 13.2 Å². The maximum atomic E-state index is 12.2. The molecule has 1 N–H and O–H groups in total. The Morgan fingerprint density at radius 3 is 2.57 bits per heavy atom. The Kier molecular flexibility index (Phi) is 4.31. The van der Waals surface area contributed by atoms with Gasteiger partial charge in [0.25, 0.3) is 5.91 Å². The van der Waals surface area contributed by atoms with Gasteiger partial charge < -0.3 is 5.32 Å². The summed E-state index contributed by atoms with van der Waals surface area (Å²) in [5, 5.41) is 2.85. The highest BCUT2D eigenvalue weighted by Crippen LogP contribution is 2.51. The van der Waals surface area contributed by atoms with Crippen molar-refractivity contribution in [3.05, 3.63) is 22.8 Å². The molecule has 21 heavy (non-hydrogen) atoms. The van der Waals surface area contributed by atoms with Crippen molar-refractivity contribution in [1.82, 2.24) is 10.3 Å². The molecular weight excluding hydrogens is 312 g/mol. The van der Waals surface area contributed by atoms with Gasteiger partial charge in [-0.25, -0.2) is 13.4 Å². The van der Waals surface area contributed by atoms with Crippen LogP contribution in [0.15, 0.2) is 17.3 Å². The molecule has 7 heteroatoms. The molecule has 5 nitrogen and oxygen atoms in total. The quantitative estimate of drug-likeness (QED) is 0.898. The van der Waals surface area contributed by atoms with E-state index in [0.717, 1.165) is 19.1 Å². The van der Waals surface area contributed by atoms with E-state index >= 15 is 0 Å². The number of carbonyl (C=O) groups is 1. The molecule has 0 unspecified atom stereocenters. The topological polar surface area (TPSA) is 76.1 Å². The lowest BCUT2D eigenvalue weighted by atomic mass is 9.92. The fraction of sp³-hybridized carbons (Fsp3) is 0.571. The van der Waals surface area contributed by atoms with Gasteiger partial charge in [-0.1, -0.05) is 25.4 Å². The fourth-order valence-corrected chi connectivity index (χ4v) is 3.03. The summed E-state index contributed by atoms with van der Waals surface area (Å²) in [5.74, 6) is 0.136. The molecule has 1 amide bonds. The van der Waals surface area contributed by atoms with Crippen LogP contribution in [0.5, 0.6) is 0 Å². The van der Waals surface area contributed by atoms with Crippen molar-refractivity contribution in [2.24, 2.45) is 11.3 Å². The number of amides is 1. The molecule has 0 saturated heterocycles. The molecule has 2 rings (SSSR count). The summed E-state index contributed by atoms with van der Waals surface area (Å²) in [6.07, 6.45) is 4.44. The van der Waals surface area contributed by atoms with E-state index in [4.69, 9.17) is 11.6 Å². The highest BCUT2D eigenvalue weighted by molar-refractivity contribution is 7.90. The number of hydrogen-bond donors (Lipinski definition) is 1.